The second-order valence-corrected chi connectivity index (χ2v) is 4.55. The molecule has 10 heteroatoms. The lowest BCUT2D eigenvalue weighted by atomic mass is 10.2. The van der Waals surface area contributed by atoms with Crippen LogP contribution in [0.2, 0.25) is 0 Å². The van der Waals surface area contributed by atoms with Gasteiger partial charge in [0.15, 0.2) is 0 Å². The molecule has 0 aromatic heterocycles. The third kappa shape index (κ3) is 5.30. The zero-order valence-electron chi connectivity index (χ0n) is 10.9. The summed E-state index contributed by atoms with van der Waals surface area (Å²) in [4.78, 5) is 11.7. The lowest BCUT2D eigenvalue weighted by Gasteiger charge is -2.12. The second kappa shape index (κ2) is 6.66. The first kappa shape index (κ1) is 18.4. The molecule has 1 fully saturated rings. The van der Waals surface area contributed by atoms with Gasteiger partial charge in [-0.15, -0.1) is 25.6 Å². The van der Waals surface area contributed by atoms with Gasteiger partial charge in [0.25, 0.3) is 5.92 Å². The van der Waals surface area contributed by atoms with E-state index in [1.54, 1.807) is 0 Å². The summed E-state index contributed by atoms with van der Waals surface area (Å²) in [5.74, 6) is -4.05. The zero-order valence-corrected chi connectivity index (χ0v) is 11.7. The Labute approximate surface area is 128 Å². The maximum absolute atomic E-state index is 12.9. The number of benzene rings is 1. The van der Waals surface area contributed by atoms with Crippen molar-refractivity contribution in [3.63, 3.8) is 0 Å². The Kier molecular flexibility index (Phi) is 5.58. The number of anilines is 1. The molecule has 0 spiro atoms. The Balaban J connectivity index is 0.00000242. The van der Waals surface area contributed by atoms with Gasteiger partial charge in [-0.3, -0.25) is 10.1 Å². The van der Waals surface area contributed by atoms with Gasteiger partial charge in [0, 0.05) is 12.1 Å². The molecule has 1 aromatic rings. The number of amides is 1. The van der Waals surface area contributed by atoms with E-state index >= 15 is 0 Å². The number of nitrogens with one attached hydrogen (secondary N) is 2. The monoisotopic (exact) mass is 346 g/mol. The van der Waals surface area contributed by atoms with E-state index in [9.17, 15) is 26.7 Å². The van der Waals surface area contributed by atoms with E-state index in [1.165, 1.54) is 12.1 Å². The zero-order chi connectivity index (χ0) is 15.7. The largest absolute Gasteiger partial charge is 0.573 e. The van der Waals surface area contributed by atoms with Crippen molar-refractivity contribution in [1.82, 2.24) is 5.32 Å². The maximum atomic E-state index is 12.9. The number of rotatable bonds is 3. The van der Waals surface area contributed by atoms with Crippen molar-refractivity contribution in [3.8, 4) is 5.75 Å². The van der Waals surface area contributed by atoms with Gasteiger partial charge < -0.3 is 10.1 Å². The van der Waals surface area contributed by atoms with Crippen molar-refractivity contribution < 1.29 is 31.5 Å². The van der Waals surface area contributed by atoms with E-state index in [0.717, 1.165) is 12.1 Å². The van der Waals surface area contributed by atoms with Crippen LogP contribution in [-0.2, 0) is 4.79 Å². The number of hydrogen-bond acceptors (Lipinski definition) is 3. The van der Waals surface area contributed by atoms with E-state index in [-0.39, 0.29) is 18.1 Å². The molecule has 1 heterocycles. The van der Waals surface area contributed by atoms with Crippen molar-refractivity contribution in [2.75, 3.05) is 11.9 Å². The van der Waals surface area contributed by atoms with Crippen LogP contribution in [0.1, 0.15) is 6.42 Å². The second-order valence-electron chi connectivity index (χ2n) is 4.55. The van der Waals surface area contributed by atoms with E-state index in [4.69, 9.17) is 0 Å². The van der Waals surface area contributed by atoms with Crippen LogP contribution in [0.15, 0.2) is 24.3 Å². The lowest BCUT2D eigenvalue weighted by molar-refractivity contribution is -0.274. The van der Waals surface area contributed by atoms with E-state index < -0.39 is 42.9 Å². The minimum absolute atomic E-state index is 0. The first-order valence-corrected chi connectivity index (χ1v) is 5.92. The topological polar surface area (TPSA) is 50.4 Å². The summed E-state index contributed by atoms with van der Waals surface area (Å²) in [5, 5.41) is 4.71. The molecule has 0 radical (unpaired) electrons. The van der Waals surface area contributed by atoms with Crippen LogP contribution >= 0.6 is 12.4 Å². The molecule has 1 aromatic carbocycles. The SMILES string of the molecule is Cl.O=C(Nc1ccc(OC(F)(F)F)cc1)C1CC(F)(F)CN1. The number of halogens is 6. The molecule has 1 aliphatic heterocycles. The number of carbonyl (C=O) groups is 1. The molecule has 0 saturated carbocycles. The molecule has 2 N–H and O–H groups in total. The van der Waals surface area contributed by atoms with Crippen LogP contribution in [0.25, 0.3) is 0 Å². The predicted octanol–water partition coefficient (Wildman–Crippen LogP) is 2.94. The van der Waals surface area contributed by atoms with E-state index in [0.29, 0.717) is 0 Å². The summed E-state index contributed by atoms with van der Waals surface area (Å²) < 4.78 is 65.4. The Hall–Kier alpha value is -1.61. The summed E-state index contributed by atoms with van der Waals surface area (Å²) >= 11 is 0. The molecule has 22 heavy (non-hydrogen) atoms. The highest BCUT2D eigenvalue weighted by Crippen LogP contribution is 2.27. The summed E-state index contributed by atoms with van der Waals surface area (Å²) in [7, 11) is 0. The van der Waals surface area contributed by atoms with Gasteiger partial charge >= 0.3 is 6.36 Å². The third-order valence-corrected chi connectivity index (χ3v) is 2.78. The van der Waals surface area contributed by atoms with Crippen LogP contribution in [0, 0.1) is 0 Å². The number of ether oxygens (including phenoxy) is 1. The quantitative estimate of drug-likeness (QED) is 0.827. The number of carbonyl (C=O) groups excluding carboxylic acids is 1. The number of hydrogen-bond donors (Lipinski definition) is 2. The average Bonchev–Trinajstić information content (AvgIpc) is 2.70. The van der Waals surface area contributed by atoms with Crippen molar-refractivity contribution in [2.45, 2.75) is 24.7 Å². The van der Waals surface area contributed by atoms with Crippen LogP contribution in [-0.4, -0.2) is 30.8 Å². The highest BCUT2D eigenvalue weighted by Gasteiger charge is 2.42. The molecule has 0 bridgehead atoms. The smallest absolute Gasteiger partial charge is 0.406 e. The first-order valence-electron chi connectivity index (χ1n) is 5.92. The summed E-state index contributed by atoms with van der Waals surface area (Å²) in [6, 6.07) is 3.36. The number of alkyl halides is 5. The molecule has 1 unspecified atom stereocenters. The van der Waals surface area contributed by atoms with Gasteiger partial charge in [0.1, 0.15) is 5.75 Å². The molecule has 0 aliphatic carbocycles. The first-order chi connectivity index (χ1) is 9.65. The van der Waals surface area contributed by atoms with E-state index in [1.807, 2.05) is 0 Å². The third-order valence-electron chi connectivity index (χ3n) is 2.78. The minimum Gasteiger partial charge on any atom is -0.406 e. The van der Waals surface area contributed by atoms with Gasteiger partial charge in [-0.05, 0) is 24.3 Å². The maximum Gasteiger partial charge on any atom is 0.573 e. The van der Waals surface area contributed by atoms with Crippen LogP contribution in [0.4, 0.5) is 27.6 Å². The normalized spacial score (nSPS) is 20.1. The highest BCUT2D eigenvalue weighted by atomic mass is 35.5. The van der Waals surface area contributed by atoms with Crippen molar-refractivity contribution in [2.24, 2.45) is 0 Å². The van der Waals surface area contributed by atoms with Crippen LogP contribution in [0.5, 0.6) is 5.75 Å². The molecule has 124 valence electrons. The van der Waals surface area contributed by atoms with Gasteiger partial charge in [-0.25, -0.2) is 8.78 Å². The Bertz CT molecular complexity index is 521. The van der Waals surface area contributed by atoms with Gasteiger partial charge in [0.2, 0.25) is 5.91 Å². The molecular weight excluding hydrogens is 335 g/mol. The Morgan fingerprint density at radius 1 is 1.27 bits per heavy atom. The molecule has 1 saturated heterocycles. The molecule has 2 rings (SSSR count). The van der Waals surface area contributed by atoms with Crippen molar-refractivity contribution in [1.29, 1.82) is 0 Å². The van der Waals surface area contributed by atoms with Crippen LogP contribution in [0.3, 0.4) is 0 Å². The molecule has 1 amide bonds. The van der Waals surface area contributed by atoms with Crippen molar-refractivity contribution >= 4 is 24.0 Å². The Morgan fingerprint density at radius 2 is 1.86 bits per heavy atom. The fourth-order valence-corrected chi connectivity index (χ4v) is 1.87. The molecule has 1 aliphatic rings. The summed E-state index contributed by atoms with van der Waals surface area (Å²) in [6.07, 6.45) is -5.42. The lowest BCUT2D eigenvalue weighted by Crippen LogP contribution is -2.35. The fraction of sp³-hybridized carbons (Fsp3) is 0.417. The minimum atomic E-state index is -4.80. The molecule has 1 atom stereocenters. The Morgan fingerprint density at radius 3 is 2.32 bits per heavy atom. The molecular formula is C12H12ClF5N2O2. The van der Waals surface area contributed by atoms with Crippen LogP contribution < -0.4 is 15.4 Å². The highest BCUT2D eigenvalue weighted by molar-refractivity contribution is 5.95. The van der Waals surface area contributed by atoms with Gasteiger partial charge in [-0.2, -0.15) is 0 Å². The van der Waals surface area contributed by atoms with Gasteiger partial charge in [-0.1, -0.05) is 0 Å². The summed E-state index contributed by atoms with van der Waals surface area (Å²) in [5.41, 5.74) is 0.187. The standard InChI is InChI=1S/C12H11F5N2O2.ClH/c13-11(14)5-9(18-6-11)10(20)19-7-1-3-8(4-2-7)21-12(15,16)17;/h1-4,9,18H,5-6H2,(H,19,20);1H. The molecule has 4 nitrogen and oxygen atoms in total. The van der Waals surface area contributed by atoms with Gasteiger partial charge in [0.05, 0.1) is 12.6 Å². The summed E-state index contributed by atoms with van der Waals surface area (Å²) in [6.45, 7) is -0.580. The van der Waals surface area contributed by atoms with Crippen molar-refractivity contribution in [3.05, 3.63) is 24.3 Å². The average molecular weight is 347 g/mol. The van der Waals surface area contributed by atoms with E-state index in [2.05, 4.69) is 15.4 Å². The fourth-order valence-electron chi connectivity index (χ4n) is 1.87. The predicted molar refractivity (Wildman–Crippen MR) is 70.4 cm³/mol.